The summed E-state index contributed by atoms with van der Waals surface area (Å²) in [6.07, 6.45) is 4.53. The molecule has 0 fully saturated rings. The standard InChI is InChI=1S/C14H26BrN3/c1-5-12-14(15)13(18(7-3)17-12)10-8-9-11(4)16-6-2/h11,16H,5-10H2,1-4H3. The zero-order chi connectivity index (χ0) is 13.5. The smallest absolute Gasteiger partial charge is 0.0766 e. The molecule has 0 saturated carbocycles. The summed E-state index contributed by atoms with van der Waals surface area (Å²) in [6, 6.07) is 0.609. The molecule has 0 aliphatic heterocycles. The van der Waals surface area contributed by atoms with Crippen molar-refractivity contribution in [3.05, 3.63) is 15.9 Å². The van der Waals surface area contributed by atoms with E-state index < -0.39 is 0 Å². The van der Waals surface area contributed by atoms with E-state index in [2.05, 4.69) is 58.7 Å². The van der Waals surface area contributed by atoms with Crippen molar-refractivity contribution in [1.29, 1.82) is 0 Å². The molecule has 1 rings (SSSR count). The number of rotatable bonds is 8. The van der Waals surface area contributed by atoms with Crippen LogP contribution in [0.1, 0.15) is 51.9 Å². The fourth-order valence-electron chi connectivity index (χ4n) is 2.28. The van der Waals surface area contributed by atoms with Gasteiger partial charge in [0, 0.05) is 12.6 Å². The lowest BCUT2D eigenvalue weighted by atomic mass is 10.1. The van der Waals surface area contributed by atoms with Gasteiger partial charge in [-0.05, 0) is 62.0 Å². The maximum Gasteiger partial charge on any atom is 0.0766 e. The fraction of sp³-hybridized carbons (Fsp3) is 0.786. The Bertz CT molecular complexity index is 360. The van der Waals surface area contributed by atoms with Crippen LogP contribution in [0.3, 0.4) is 0 Å². The number of nitrogens with zero attached hydrogens (tertiary/aromatic N) is 2. The van der Waals surface area contributed by atoms with E-state index in [-0.39, 0.29) is 0 Å². The van der Waals surface area contributed by atoms with E-state index in [0.717, 1.165) is 25.9 Å². The van der Waals surface area contributed by atoms with Crippen LogP contribution < -0.4 is 5.32 Å². The Hall–Kier alpha value is -0.350. The fourth-order valence-corrected chi connectivity index (χ4v) is 3.04. The molecular weight excluding hydrogens is 290 g/mol. The van der Waals surface area contributed by atoms with E-state index in [1.165, 1.54) is 28.7 Å². The lowest BCUT2D eigenvalue weighted by Gasteiger charge is -2.12. The summed E-state index contributed by atoms with van der Waals surface area (Å²) in [5, 5.41) is 8.09. The van der Waals surface area contributed by atoms with E-state index in [4.69, 9.17) is 0 Å². The minimum Gasteiger partial charge on any atom is -0.315 e. The van der Waals surface area contributed by atoms with Gasteiger partial charge in [-0.1, -0.05) is 13.8 Å². The van der Waals surface area contributed by atoms with E-state index in [1.54, 1.807) is 0 Å². The first kappa shape index (κ1) is 15.7. The third-order valence-electron chi connectivity index (χ3n) is 3.30. The maximum absolute atomic E-state index is 4.63. The average molecular weight is 316 g/mol. The van der Waals surface area contributed by atoms with E-state index >= 15 is 0 Å². The topological polar surface area (TPSA) is 29.9 Å². The van der Waals surface area contributed by atoms with Crippen molar-refractivity contribution in [2.45, 2.75) is 66.0 Å². The summed E-state index contributed by atoms with van der Waals surface area (Å²) < 4.78 is 3.36. The summed E-state index contributed by atoms with van der Waals surface area (Å²) in [7, 11) is 0. The molecule has 1 atom stereocenters. The first-order valence-electron chi connectivity index (χ1n) is 7.11. The Morgan fingerprint density at radius 1 is 1.33 bits per heavy atom. The van der Waals surface area contributed by atoms with Crippen LogP contribution in [0.5, 0.6) is 0 Å². The van der Waals surface area contributed by atoms with Crippen LogP contribution in [0.15, 0.2) is 4.47 Å². The van der Waals surface area contributed by atoms with Crippen molar-refractivity contribution >= 4 is 15.9 Å². The highest BCUT2D eigenvalue weighted by Crippen LogP contribution is 2.24. The van der Waals surface area contributed by atoms with Gasteiger partial charge >= 0.3 is 0 Å². The molecule has 1 N–H and O–H groups in total. The molecule has 0 aliphatic carbocycles. The SMILES string of the molecule is CCNC(C)CCCc1c(Br)c(CC)nn1CC. The Morgan fingerprint density at radius 2 is 2.06 bits per heavy atom. The molecule has 0 aliphatic rings. The van der Waals surface area contributed by atoms with Crippen molar-refractivity contribution in [1.82, 2.24) is 15.1 Å². The summed E-state index contributed by atoms with van der Waals surface area (Å²) in [5.74, 6) is 0. The minimum absolute atomic E-state index is 0.609. The Balaban J connectivity index is 2.58. The zero-order valence-electron chi connectivity index (χ0n) is 12.1. The third kappa shape index (κ3) is 4.09. The molecule has 0 bridgehead atoms. The van der Waals surface area contributed by atoms with Gasteiger partial charge in [0.15, 0.2) is 0 Å². The number of aromatic nitrogens is 2. The molecule has 1 aromatic rings. The molecule has 0 saturated heterocycles. The third-order valence-corrected chi connectivity index (χ3v) is 4.21. The summed E-state index contributed by atoms with van der Waals surface area (Å²) in [5.41, 5.74) is 2.55. The van der Waals surface area contributed by atoms with Crippen LogP contribution in [-0.4, -0.2) is 22.4 Å². The van der Waals surface area contributed by atoms with E-state index in [0.29, 0.717) is 6.04 Å². The molecule has 104 valence electrons. The first-order chi connectivity index (χ1) is 8.63. The van der Waals surface area contributed by atoms with Crippen LogP contribution in [0.4, 0.5) is 0 Å². The van der Waals surface area contributed by atoms with Crippen LogP contribution >= 0.6 is 15.9 Å². The van der Waals surface area contributed by atoms with E-state index in [9.17, 15) is 0 Å². The molecule has 3 nitrogen and oxygen atoms in total. The van der Waals surface area contributed by atoms with Crippen molar-refractivity contribution < 1.29 is 0 Å². The van der Waals surface area contributed by atoms with Crippen LogP contribution in [0.25, 0.3) is 0 Å². The summed E-state index contributed by atoms with van der Waals surface area (Å²) >= 11 is 3.70. The molecule has 1 aromatic heterocycles. The molecule has 0 radical (unpaired) electrons. The molecule has 1 heterocycles. The number of aryl methyl sites for hydroxylation is 2. The van der Waals surface area contributed by atoms with E-state index in [1.807, 2.05) is 0 Å². The number of halogens is 1. The van der Waals surface area contributed by atoms with Gasteiger partial charge in [-0.2, -0.15) is 5.10 Å². The second kappa shape index (κ2) is 7.95. The second-order valence-corrected chi connectivity index (χ2v) is 5.52. The molecule has 4 heteroatoms. The molecular formula is C14H26BrN3. The minimum atomic E-state index is 0.609. The quantitative estimate of drug-likeness (QED) is 0.795. The maximum atomic E-state index is 4.63. The lowest BCUT2D eigenvalue weighted by molar-refractivity contribution is 0.503. The van der Waals surface area contributed by atoms with Gasteiger partial charge in [-0.15, -0.1) is 0 Å². The largest absolute Gasteiger partial charge is 0.315 e. The normalized spacial score (nSPS) is 12.9. The molecule has 0 aromatic carbocycles. The highest BCUT2D eigenvalue weighted by molar-refractivity contribution is 9.10. The molecule has 1 unspecified atom stereocenters. The lowest BCUT2D eigenvalue weighted by Crippen LogP contribution is -2.25. The number of hydrogen-bond acceptors (Lipinski definition) is 2. The Morgan fingerprint density at radius 3 is 2.61 bits per heavy atom. The van der Waals surface area contributed by atoms with Crippen LogP contribution in [-0.2, 0) is 19.4 Å². The Labute approximate surface area is 119 Å². The van der Waals surface area contributed by atoms with Crippen molar-refractivity contribution in [3.63, 3.8) is 0 Å². The van der Waals surface area contributed by atoms with Gasteiger partial charge in [-0.25, -0.2) is 0 Å². The van der Waals surface area contributed by atoms with Crippen molar-refractivity contribution in [2.75, 3.05) is 6.54 Å². The highest BCUT2D eigenvalue weighted by Gasteiger charge is 2.13. The predicted octanol–water partition coefficient (Wildman–Crippen LogP) is 3.55. The highest BCUT2D eigenvalue weighted by atomic mass is 79.9. The zero-order valence-corrected chi connectivity index (χ0v) is 13.7. The van der Waals surface area contributed by atoms with Crippen molar-refractivity contribution in [2.24, 2.45) is 0 Å². The Kier molecular flexibility index (Phi) is 6.94. The van der Waals surface area contributed by atoms with Crippen molar-refractivity contribution in [3.8, 4) is 0 Å². The van der Waals surface area contributed by atoms with Crippen LogP contribution in [0, 0.1) is 0 Å². The predicted molar refractivity (Wildman–Crippen MR) is 81.1 cm³/mol. The van der Waals surface area contributed by atoms with Gasteiger partial charge in [0.2, 0.25) is 0 Å². The van der Waals surface area contributed by atoms with Gasteiger partial charge < -0.3 is 5.32 Å². The van der Waals surface area contributed by atoms with Crippen LogP contribution in [0.2, 0.25) is 0 Å². The number of nitrogens with one attached hydrogen (secondary N) is 1. The van der Waals surface area contributed by atoms with Gasteiger partial charge in [0.1, 0.15) is 0 Å². The average Bonchev–Trinajstić information content (AvgIpc) is 2.66. The molecule has 0 spiro atoms. The monoisotopic (exact) mass is 315 g/mol. The first-order valence-corrected chi connectivity index (χ1v) is 7.90. The van der Waals surface area contributed by atoms with Gasteiger partial charge in [0.05, 0.1) is 15.9 Å². The summed E-state index contributed by atoms with van der Waals surface area (Å²) in [4.78, 5) is 0. The second-order valence-electron chi connectivity index (χ2n) is 4.73. The number of hydrogen-bond donors (Lipinski definition) is 1. The van der Waals surface area contributed by atoms with Gasteiger partial charge in [0.25, 0.3) is 0 Å². The molecule has 0 amide bonds. The molecule has 18 heavy (non-hydrogen) atoms. The van der Waals surface area contributed by atoms with Gasteiger partial charge in [-0.3, -0.25) is 4.68 Å². The summed E-state index contributed by atoms with van der Waals surface area (Å²) in [6.45, 7) is 10.7.